The SMILES string of the molecule is Nc1n[nH]c2ccc(-c3nnn(Cc4ccccc4)c3-c3ccc(CS(=O)[O-])cc3)cc12. The lowest BCUT2D eigenvalue weighted by atomic mass is 10.0. The van der Waals surface area contributed by atoms with Crippen LogP contribution in [0.25, 0.3) is 33.4 Å². The first kappa shape index (κ1) is 20.1. The highest BCUT2D eigenvalue weighted by molar-refractivity contribution is 7.78. The number of aromatic amines is 1. The second-order valence-electron chi connectivity index (χ2n) is 7.44. The maximum atomic E-state index is 11.0. The number of benzene rings is 3. The molecule has 3 aromatic carbocycles. The highest BCUT2D eigenvalue weighted by atomic mass is 32.2. The van der Waals surface area contributed by atoms with E-state index in [1.807, 2.05) is 77.5 Å². The molecule has 9 heteroatoms. The van der Waals surface area contributed by atoms with E-state index in [1.54, 1.807) is 0 Å². The van der Waals surface area contributed by atoms with Crippen LogP contribution in [-0.2, 0) is 23.4 Å². The molecule has 0 radical (unpaired) electrons. The number of nitrogens with two attached hydrogens (primary N) is 1. The van der Waals surface area contributed by atoms with Gasteiger partial charge in [0, 0.05) is 22.3 Å². The number of nitrogens with zero attached hydrogens (tertiary/aromatic N) is 4. The summed E-state index contributed by atoms with van der Waals surface area (Å²) in [7, 11) is 0. The molecule has 32 heavy (non-hydrogen) atoms. The Bertz CT molecular complexity index is 1410. The van der Waals surface area contributed by atoms with Gasteiger partial charge in [-0.05, 0) is 23.3 Å². The van der Waals surface area contributed by atoms with Crippen LogP contribution in [0.3, 0.4) is 0 Å². The molecule has 160 valence electrons. The Morgan fingerprint density at radius 2 is 1.72 bits per heavy atom. The molecular formula is C23H19N6O2S-. The molecule has 0 aliphatic heterocycles. The number of hydrogen-bond donors (Lipinski definition) is 2. The van der Waals surface area contributed by atoms with Crippen LogP contribution < -0.4 is 5.73 Å². The first-order valence-corrected chi connectivity index (χ1v) is 11.2. The third kappa shape index (κ3) is 3.91. The molecule has 0 aliphatic carbocycles. The second-order valence-corrected chi connectivity index (χ2v) is 8.34. The molecular weight excluding hydrogens is 424 g/mol. The zero-order valence-electron chi connectivity index (χ0n) is 16.9. The number of fused-ring (bicyclic) bond motifs is 1. The molecule has 8 nitrogen and oxygen atoms in total. The fraction of sp³-hybridized carbons (Fsp3) is 0.0870. The van der Waals surface area contributed by atoms with E-state index < -0.39 is 11.1 Å². The van der Waals surface area contributed by atoms with Crippen LogP contribution in [0.1, 0.15) is 11.1 Å². The minimum Gasteiger partial charge on any atom is -0.772 e. The van der Waals surface area contributed by atoms with E-state index in [9.17, 15) is 8.76 Å². The van der Waals surface area contributed by atoms with Crippen molar-refractivity contribution in [3.05, 3.63) is 83.9 Å². The minimum atomic E-state index is -2.14. The van der Waals surface area contributed by atoms with Crippen LogP contribution in [0.15, 0.2) is 72.8 Å². The molecule has 0 saturated heterocycles. The van der Waals surface area contributed by atoms with Gasteiger partial charge in [0.2, 0.25) is 0 Å². The molecule has 0 fully saturated rings. The Balaban J connectivity index is 1.63. The summed E-state index contributed by atoms with van der Waals surface area (Å²) in [6.07, 6.45) is 0. The van der Waals surface area contributed by atoms with Crippen molar-refractivity contribution in [2.45, 2.75) is 12.3 Å². The lowest BCUT2D eigenvalue weighted by Gasteiger charge is -2.11. The van der Waals surface area contributed by atoms with Gasteiger partial charge < -0.3 is 10.3 Å². The fourth-order valence-electron chi connectivity index (χ4n) is 3.74. The number of anilines is 1. The van der Waals surface area contributed by atoms with Gasteiger partial charge in [0.25, 0.3) is 0 Å². The van der Waals surface area contributed by atoms with E-state index in [0.29, 0.717) is 18.1 Å². The monoisotopic (exact) mass is 443 g/mol. The second kappa shape index (κ2) is 8.37. The van der Waals surface area contributed by atoms with Crippen LogP contribution in [0.2, 0.25) is 0 Å². The van der Waals surface area contributed by atoms with Crippen molar-refractivity contribution in [2.24, 2.45) is 0 Å². The summed E-state index contributed by atoms with van der Waals surface area (Å²) < 4.78 is 24.0. The predicted molar refractivity (Wildman–Crippen MR) is 123 cm³/mol. The number of H-pyrrole nitrogens is 1. The van der Waals surface area contributed by atoms with Crippen molar-refractivity contribution >= 4 is 27.8 Å². The minimum absolute atomic E-state index is 0.0227. The molecule has 0 aliphatic rings. The average Bonchev–Trinajstić information content (AvgIpc) is 3.38. The van der Waals surface area contributed by atoms with Gasteiger partial charge in [-0.15, -0.1) is 5.10 Å². The van der Waals surface area contributed by atoms with Gasteiger partial charge in [-0.3, -0.25) is 9.31 Å². The Morgan fingerprint density at radius 1 is 0.969 bits per heavy atom. The summed E-state index contributed by atoms with van der Waals surface area (Å²) >= 11 is -2.14. The van der Waals surface area contributed by atoms with E-state index in [0.717, 1.165) is 38.9 Å². The Labute approximate surface area is 186 Å². The van der Waals surface area contributed by atoms with Gasteiger partial charge in [0.1, 0.15) is 5.69 Å². The van der Waals surface area contributed by atoms with Crippen LogP contribution in [0.5, 0.6) is 0 Å². The Hall–Kier alpha value is -3.82. The molecule has 0 saturated carbocycles. The van der Waals surface area contributed by atoms with Crippen molar-refractivity contribution in [3.63, 3.8) is 0 Å². The van der Waals surface area contributed by atoms with E-state index in [2.05, 4.69) is 20.5 Å². The predicted octanol–water partition coefficient (Wildman–Crippen LogP) is 3.50. The summed E-state index contributed by atoms with van der Waals surface area (Å²) in [5.41, 5.74) is 12.0. The number of rotatable bonds is 6. The number of nitrogen functional groups attached to an aromatic ring is 1. The number of aromatic nitrogens is 5. The van der Waals surface area contributed by atoms with E-state index in [4.69, 9.17) is 5.73 Å². The van der Waals surface area contributed by atoms with Gasteiger partial charge >= 0.3 is 0 Å². The number of nitrogens with one attached hydrogen (secondary N) is 1. The van der Waals surface area contributed by atoms with E-state index >= 15 is 0 Å². The molecule has 1 atom stereocenters. The van der Waals surface area contributed by atoms with Crippen molar-refractivity contribution < 1.29 is 8.76 Å². The maximum Gasteiger partial charge on any atom is 0.153 e. The molecule has 5 rings (SSSR count). The van der Waals surface area contributed by atoms with Crippen molar-refractivity contribution in [1.29, 1.82) is 0 Å². The van der Waals surface area contributed by atoms with Gasteiger partial charge in [-0.2, -0.15) is 5.10 Å². The fourth-order valence-corrected chi connectivity index (χ4v) is 4.20. The lowest BCUT2D eigenvalue weighted by Crippen LogP contribution is -2.04. The largest absolute Gasteiger partial charge is 0.772 e. The van der Waals surface area contributed by atoms with Crippen molar-refractivity contribution in [3.8, 4) is 22.5 Å². The Morgan fingerprint density at radius 3 is 2.47 bits per heavy atom. The summed E-state index contributed by atoms with van der Waals surface area (Å²) in [6.45, 7) is 0.547. The van der Waals surface area contributed by atoms with E-state index in [1.165, 1.54) is 0 Å². The van der Waals surface area contributed by atoms with Crippen LogP contribution in [0, 0.1) is 0 Å². The van der Waals surface area contributed by atoms with Crippen LogP contribution in [0.4, 0.5) is 5.82 Å². The first-order valence-electron chi connectivity index (χ1n) is 9.95. The summed E-state index contributed by atoms with van der Waals surface area (Å²) in [4.78, 5) is 0. The Kier molecular flexibility index (Phi) is 5.26. The topological polar surface area (TPSA) is 126 Å². The summed E-state index contributed by atoms with van der Waals surface area (Å²) in [5.74, 6) is 0.403. The molecule has 2 aromatic heterocycles. The average molecular weight is 444 g/mol. The van der Waals surface area contributed by atoms with Gasteiger partial charge in [0.15, 0.2) is 5.82 Å². The molecule has 0 bridgehead atoms. The summed E-state index contributed by atoms with van der Waals surface area (Å²) in [6, 6.07) is 23.3. The maximum absolute atomic E-state index is 11.0. The molecule has 0 amide bonds. The van der Waals surface area contributed by atoms with Crippen molar-refractivity contribution in [2.75, 3.05) is 5.73 Å². The zero-order chi connectivity index (χ0) is 22.1. The third-order valence-corrected chi connectivity index (χ3v) is 5.86. The number of hydrogen-bond acceptors (Lipinski definition) is 6. The molecule has 3 N–H and O–H groups in total. The van der Waals surface area contributed by atoms with Gasteiger partial charge in [-0.25, -0.2) is 4.68 Å². The van der Waals surface area contributed by atoms with Crippen LogP contribution >= 0.6 is 0 Å². The van der Waals surface area contributed by atoms with Crippen LogP contribution in [-0.4, -0.2) is 34.0 Å². The molecule has 1 unspecified atom stereocenters. The lowest BCUT2D eigenvalue weighted by molar-refractivity contribution is 0.536. The molecule has 2 heterocycles. The highest BCUT2D eigenvalue weighted by Gasteiger charge is 2.18. The van der Waals surface area contributed by atoms with Gasteiger partial charge in [0.05, 0.1) is 17.8 Å². The molecule has 5 aromatic rings. The normalized spacial score (nSPS) is 12.3. The van der Waals surface area contributed by atoms with E-state index in [-0.39, 0.29) is 5.75 Å². The van der Waals surface area contributed by atoms with Crippen molar-refractivity contribution in [1.82, 2.24) is 25.2 Å². The standard InChI is InChI=1S/C23H20N6O2S/c24-23-19-12-18(10-11-20(19)25-27-23)21-22(17-8-6-16(7-9-17)14-32(30)31)29(28-26-21)13-15-4-2-1-3-5-15/h1-12H,13-14H2,(H,30,31)(H3,24,25,27)/p-1. The third-order valence-electron chi connectivity index (χ3n) is 5.29. The molecule has 0 spiro atoms. The first-order chi connectivity index (χ1) is 15.6. The smallest absolute Gasteiger partial charge is 0.153 e. The summed E-state index contributed by atoms with van der Waals surface area (Å²) in [5, 5.41) is 16.7. The zero-order valence-corrected chi connectivity index (χ0v) is 17.7. The quantitative estimate of drug-likeness (QED) is 0.387. The highest BCUT2D eigenvalue weighted by Crippen LogP contribution is 2.33. The van der Waals surface area contributed by atoms with Gasteiger partial charge in [-0.1, -0.05) is 77.0 Å².